The first-order valence-corrected chi connectivity index (χ1v) is 5.56. The van der Waals surface area contributed by atoms with Gasteiger partial charge in [0, 0.05) is 18.2 Å². The van der Waals surface area contributed by atoms with Crippen LogP contribution in [0, 0.1) is 0 Å². The highest BCUT2D eigenvalue weighted by atomic mass is 16.6. The van der Waals surface area contributed by atoms with Crippen molar-refractivity contribution in [3.63, 3.8) is 0 Å². The second kappa shape index (κ2) is 5.14. The highest BCUT2D eigenvalue weighted by molar-refractivity contribution is 5.91. The number of ether oxygens (including phenoxy) is 1. The number of nitrogens with one attached hydrogen (secondary N) is 1. The van der Waals surface area contributed by atoms with Crippen molar-refractivity contribution in [1.82, 2.24) is 5.32 Å². The van der Waals surface area contributed by atoms with Gasteiger partial charge in [-0.1, -0.05) is 0 Å². The predicted molar refractivity (Wildman–Crippen MR) is 60.8 cm³/mol. The van der Waals surface area contributed by atoms with Crippen molar-refractivity contribution >= 4 is 11.8 Å². The maximum Gasteiger partial charge on any atom is 0.325 e. The zero-order valence-electron chi connectivity index (χ0n) is 10.1. The molecule has 4 heteroatoms. The van der Waals surface area contributed by atoms with E-state index in [0.29, 0.717) is 6.42 Å². The van der Waals surface area contributed by atoms with Crippen LogP contribution in [-0.4, -0.2) is 23.9 Å². The first-order valence-electron chi connectivity index (χ1n) is 5.56. The maximum atomic E-state index is 11.4. The largest absolute Gasteiger partial charge is 0.459 e. The summed E-state index contributed by atoms with van der Waals surface area (Å²) in [7, 11) is 0. The molecule has 16 heavy (non-hydrogen) atoms. The molecule has 1 rings (SSSR count). The van der Waals surface area contributed by atoms with Crippen LogP contribution >= 0.6 is 0 Å². The Morgan fingerprint density at radius 2 is 2.12 bits per heavy atom. The van der Waals surface area contributed by atoms with Gasteiger partial charge in [-0.05, 0) is 33.6 Å². The second-order valence-corrected chi connectivity index (χ2v) is 4.93. The zero-order valence-corrected chi connectivity index (χ0v) is 10.1. The van der Waals surface area contributed by atoms with Gasteiger partial charge in [-0.2, -0.15) is 0 Å². The van der Waals surface area contributed by atoms with Crippen molar-refractivity contribution in [2.75, 3.05) is 6.54 Å². The van der Waals surface area contributed by atoms with E-state index in [-0.39, 0.29) is 18.3 Å². The molecule has 0 heterocycles. The van der Waals surface area contributed by atoms with E-state index in [1.165, 1.54) is 0 Å². The van der Waals surface area contributed by atoms with Gasteiger partial charge >= 0.3 is 5.97 Å². The molecule has 0 saturated heterocycles. The summed E-state index contributed by atoms with van der Waals surface area (Å²) < 4.78 is 5.14. The molecule has 4 nitrogen and oxygen atoms in total. The highest BCUT2D eigenvalue weighted by Gasteiger charge is 2.16. The maximum absolute atomic E-state index is 11.4. The van der Waals surface area contributed by atoms with Gasteiger partial charge < -0.3 is 10.1 Å². The van der Waals surface area contributed by atoms with Crippen LogP contribution in [0.5, 0.6) is 0 Å². The van der Waals surface area contributed by atoms with E-state index in [9.17, 15) is 9.59 Å². The molecule has 90 valence electrons. The summed E-state index contributed by atoms with van der Waals surface area (Å²) in [6.07, 6.45) is 3.87. The molecule has 0 fully saturated rings. The minimum atomic E-state index is -0.463. The van der Waals surface area contributed by atoms with Crippen LogP contribution in [0.3, 0.4) is 0 Å². The molecule has 0 aliphatic heterocycles. The Labute approximate surface area is 96.0 Å². The molecule has 1 aliphatic carbocycles. The Kier molecular flexibility index (Phi) is 4.10. The summed E-state index contributed by atoms with van der Waals surface area (Å²) >= 11 is 0. The van der Waals surface area contributed by atoms with Crippen molar-refractivity contribution in [1.29, 1.82) is 0 Å². The number of carbonyl (C=O) groups excluding carboxylic acids is 2. The molecule has 0 saturated carbocycles. The molecule has 0 bridgehead atoms. The zero-order chi connectivity index (χ0) is 12.2. The monoisotopic (exact) mass is 225 g/mol. The molecular formula is C12H19NO3. The predicted octanol–water partition coefficient (Wildman–Crippen LogP) is 1.55. The van der Waals surface area contributed by atoms with Crippen molar-refractivity contribution < 1.29 is 14.3 Å². The van der Waals surface area contributed by atoms with Gasteiger partial charge in [0.15, 0.2) is 5.78 Å². The van der Waals surface area contributed by atoms with Gasteiger partial charge in [0.1, 0.15) is 12.1 Å². The minimum absolute atomic E-state index is 0.121. The van der Waals surface area contributed by atoms with Crippen molar-refractivity contribution in [3.05, 3.63) is 11.8 Å². The van der Waals surface area contributed by atoms with Gasteiger partial charge in [-0.25, -0.2) is 0 Å². The Morgan fingerprint density at radius 1 is 1.44 bits per heavy atom. The Balaban J connectivity index is 2.34. The number of esters is 1. The van der Waals surface area contributed by atoms with Crippen LogP contribution in [0.1, 0.15) is 40.0 Å². The lowest BCUT2D eigenvalue weighted by molar-refractivity contribution is -0.153. The van der Waals surface area contributed by atoms with E-state index in [2.05, 4.69) is 5.32 Å². The summed E-state index contributed by atoms with van der Waals surface area (Å²) in [5, 5.41) is 2.94. The van der Waals surface area contributed by atoms with E-state index in [0.717, 1.165) is 18.5 Å². The number of carbonyl (C=O) groups is 2. The highest BCUT2D eigenvalue weighted by Crippen LogP contribution is 2.12. The summed E-state index contributed by atoms with van der Waals surface area (Å²) in [6.45, 7) is 5.60. The molecular weight excluding hydrogens is 206 g/mol. The summed E-state index contributed by atoms with van der Waals surface area (Å²) in [5.74, 6) is -0.177. The standard InChI is InChI=1S/C12H19NO3/c1-12(2,3)16-11(15)8-13-9-5-4-6-10(14)7-9/h7,13H,4-6,8H2,1-3H3. The molecule has 0 atom stereocenters. The van der Waals surface area contributed by atoms with Crippen molar-refractivity contribution in [3.8, 4) is 0 Å². The van der Waals surface area contributed by atoms with Gasteiger partial charge in [-0.15, -0.1) is 0 Å². The molecule has 0 aromatic carbocycles. The third kappa shape index (κ3) is 4.96. The molecule has 0 radical (unpaired) electrons. The minimum Gasteiger partial charge on any atom is -0.459 e. The molecule has 1 aliphatic rings. The van der Waals surface area contributed by atoms with E-state index in [1.54, 1.807) is 6.08 Å². The lowest BCUT2D eigenvalue weighted by Crippen LogP contribution is -2.31. The number of allylic oxidation sites excluding steroid dienone is 2. The van der Waals surface area contributed by atoms with Crippen LogP contribution in [-0.2, 0) is 14.3 Å². The molecule has 0 amide bonds. The Morgan fingerprint density at radius 3 is 2.69 bits per heavy atom. The van der Waals surface area contributed by atoms with Crippen LogP contribution in [0.2, 0.25) is 0 Å². The third-order valence-electron chi connectivity index (χ3n) is 2.08. The lowest BCUT2D eigenvalue weighted by atomic mass is 10.0. The number of hydrogen-bond acceptors (Lipinski definition) is 4. The summed E-state index contributed by atoms with van der Waals surface area (Å²) in [5.41, 5.74) is 0.373. The quantitative estimate of drug-likeness (QED) is 0.740. The lowest BCUT2D eigenvalue weighted by Gasteiger charge is -2.20. The van der Waals surface area contributed by atoms with Crippen LogP contribution in [0.4, 0.5) is 0 Å². The van der Waals surface area contributed by atoms with Gasteiger partial charge in [-0.3, -0.25) is 9.59 Å². The average Bonchev–Trinajstić information content (AvgIpc) is 2.12. The fourth-order valence-corrected chi connectivity index (χ4v) is 1.49. The smallest absolute Gasteiger partial charge is 0.325 e. The molecule has 0 aromatic heterocycles. The van der Waals surface area contributed by atoms with E-state index >= 15 is 0 Å². The van der Waals surface area contributed by atoms with Crippen molar-refractivity contribution in [2.45, 2.75) is 45.6 Å². The first kappa shape index (κ1) is 12.7. The van der Waals surface area contributed by atoms with Gasteiger partial charge in [0.2, 0.25) is 0 Å². The van der Waals surface area contributed by atoms with E-state index < -0.39 is 5.60 Å². The molecule has 0 spiro atoms. The third-order valence-corrected chi connectivity index (χ3v) is 2.08. The first-order chi connectivity index (χ1) is 7.37. The molecule has 1 N–H and O–H groups in total. The van der Waals surface area contributed by atoms with Crippen molar-refractivity contribution in [2.24, 2.45) is 0 Å². The fraction of sp³-hybridized carbons (Fsp3) is 0.667. The van der Waals surface area contributed by atoms with E-state index in [4.69, 9.17) is 4.74 Å². The topological polar surface area (TPSA) is 55.4 Å². The number of ketones is 1. The normalized spacial score (nSPS) is 16.7. The van der Waals surface area contributed by atoms with Crippen LogP contribution in [0.25, 0.3) is 0 Å². The van der Waals surface area contributed by atoms with Crippen LogP contribution in [0.15, 0.2) is 11.8 Å². The summed E-state index contributed by atoms with van der Waals surface area (Å²) in [6, 6.07) is 0. The Bertz CT molecular complexity index is 313. The molecule has 0 unspecified atom stereocenters. The second-order valence-electron chi connectivity index (χ2n) is 4.93. The summed E-state index contributed by atoms with van der Waals surface area (Å²) in [4.78, 5) is 22.5. The van der Waals surface area contributed by atoms with Crippen LogP contribution < -0.4 is 5.32 Å². The van der Waals surface area contributed by atoms with Gasteiger partial charge in [0.25, 0.3) is 0 Å². The number of rotatable bonds is 3. The van der Waals surface area contributed by atoms with E-state index in [1.807, 2.05) is 20.8 Å². The molecule has 0 aromatic rings. The Hall–Kier alpha value is -1.32. The average molecular weight is 225 g/mol. The number of hydrogen-bond donors (Lipinski definition) is 1. The fourth-order valence-electron chi connectivity index (χ4n) is 1.49. The van der Waals surface area contributed by atoms with Gasteiger partial charge in [0.05, 0.1) is 0 Å². The SMILES string of the molecule is CC(C)(C)OC(=O)CNC1=CC(=O)CCC1.